The van der Waals surface area contributed by atoms with Crippen LogP contribution in [0, 0.1) is 6.92 Å². The number of sulfonamides is 1. The molecule has 7 nitrogen and oxygen atoms in total. The Morgan fingerprint density at radius 3 is 2.39 bits per heavy atom. The molecule has 2 heterocycles. The summed E-state index contributed by atoms with van der Waals surface area (Å²) in [6.45, 7) is 5.20. The lowest BCUT2D eigenvalue weighted by Crippen LogP contribution is -2.48. The summed E-state index contributed by atoms with van der Waals surface area (Å²) in [6.07, 6.45) is 1.96. The minimum atomic E-state index is -3.05. The molecular weight excluding hydrogens is 256 g/mol. The molecule has 8 heteroatoms. The van der Waals surface area contributed by atoms with Gasteiger partial charge < -0.3 is 9.32 Å². The Morgan fingerprint density at radius 1 is 1.22 bits per heavy atom. The van der Waals surface area contributed by atoms with Crippen molar-refractivity contribution in [2.75, 3.05) is 39.0 Å². The zero-order valence-electron chi connectivity index (χ0n) is 10.7. The van der Waals surface area contributed by atoms with Crippen LogP contribution >= 0.6 is 0 Å². The lowest BCUT2D eigenvalue weighted by molar-refractivity contribution is 0.187. The number of hydrogen-bond donors (Lipinski definition) is 0. The van der Waals surface area contributed by atoms with Crippen molar-refractivity contribution >= 4 is 10.0 Å². The van der Waals surface area contributed by atoms with Gasteiger partial charge in [0.25, 0.3) is 0 Å². The highest BCUT2D eigenvalue weighted by Gasteiger charge is 2.23. The fourth-order valence-electron chi connectivity index (χ4n) is 1.98. The van der Waals surface area contributed by atoms with Gasteiger partial charge in [0.2, 0.25) is 21.8 Å². The summed E-state index contributed by atoms with van der Waals surface area (Å²) in [6, 6.07) is 0. The second-order valence-electron chi connectivity index (χ2n) is 4.47. The Bertz CT molecular complexity index is 491. The van der Waals surface area contributed by atoms with E-state index < -0.39 is 10.0 Å². The van der Waals surface area contributed by atoms with Crippen LogP contribution in [0.2, 0.25) is 0 Å². The predicted octanol–water partition coefficient (Wildman–Crippen LogP) is -0.502. The molecule has 0 saturated carbocycles. The Kier molecular flexibility index (Phi) is 3.98. The van der Waals surface area contributed by atoms with Crippen LogP contribution in [0.4, 0.5) is 0 Å². The number of rotatable bonds is 4. The molecule has 0 spiro atoms. The van der Waals surface area contributed by atoms with Gasteiger partial charge in [-0.1, -0.05) is 0 Å². The van der Waals surface area contributed by atoms with Crippen LogP contribution in [-0.2, 0) is 16.4 Å². The molecule has 1 fully saturated rings. The number of piperazine rings is 1. The minimum absolute atomic E-state index is 0.557. The van der Waals surface area contributed by atoms with Crippen LogP contribution in [-0.4, -0.2) is 66.8 Å². The quantitative estimate of drug-likeness (QED) is 0.736. The molecule has 0 unspecified atom stereocenters. The molecule has 1 aromatic heterocycles. The van der Waals surface area contributed by atoms with Crippen LogP contribution in [0.25, 0.3) is 0 Å². The highest BCUT2D eigenvalue weighted by molar-refractivity contribution is 7.88. The minimum Gasteiger partial charge on any atom is -0.426 e. The van der Waals surface area contributed by atoms with E-state index in [0.29, 0.717) is 31.3 Å². The van der Waals surface area contributed by atoms with Crippen molar-refractivity contribution in [2.24, 2.45) is 0 Å². The lowest BCUT2D eigenvalue weighted by Gasteiger charge is -2.32. The molecule has 0 aliphatic carbocycles. The first-order valence-corrected chi connectivity index (χ1v) is 7.76. The fraction of sp³-hybridized carbons (Fsp3) is 0.800. The fourth-order valence-corrected chi connectivity index (χ4v) is 2.80. The zero-order chi connectivity index (χ0) is 13.2. The zero-order valence-corrected chi connectivity index (χ0v) is 11.5. The van der Waals surface area contributed by atoms with Crippen molar-refractivity contribution in [3.63, 3.8) is 0 Å². The average Bonchev–Trinajstić information content (AvgIpc) is 2.72. The van der Waals surface area contributed by atoms with Crippen LogP contribution < -0.4 is 0 Å². The number of hydrogen-bond acceptors (Lipinski definition) is 6. The maximum Gasteiger partial charge on any atom is 0.217 e. The van der Waals surface area contributed by atoms with Crippen LogP contribution in [0.3, 0.4) is 0 Å². The molecule has 0 atom stereocenters. The van der Waals surface area contributed by atoms with Gasteiger partial charge in [-0.05, 0) is 0 Å². The third kappa shape index (κ3) is 3.50. The van der Waals surface area contributed by atoms with Crippen molar-refractivity contribution in [2.45, 2.75) is 13.3 Å². The summed E-state index contributed by atoms with van der Waals surface area (Å²) >= 11 is 0. The molecule has 0 bridgehead atoms. The first-order chi connectivity index (χ1) is 8.45. The molecule has 0 aromatic carbocycles. The molecule has 102 valence electrons. The highest BCUT2D eigenvalue weighted by Crippen LogP contribution is 2.07. The van der Waals surface area contributed by atoms with Gasteiger partial charge in [-0.15, -0.1) is 10.2 Å². The highest BCUT2D eigenvalue weighted by atomic mass is 32.2. The van der Waals surface area contributed by atoms with Gasteiger partial charge in [-0.2, -0.15) is 4.31 Å². The Labute approximate surface area is 107 Å². The van der Waals surface area contributed by atoms with Crippen molar-refractivity contribution in [1.82, 2.24) is 19.4 Å². The molecule has 1 aliphatic heterocycles. The summed E-state index contributed by atoms with van der Waals surface area (Å²) in [7, 11) is -3.05. The largest absolute Gasteiger partial charge is 0.426 e. The van der Waals surface area contributed by atoms with Gasteiger partial charge in [-0.3, -0.25) is 0 Å². The van der Waals surface area contributed by atoms with E-state index in [1.54, 1.807) is 6.92 Å². The van der Waals surface area contributed by atoms with Crippen LogP contribution in [0.5, 0.6) is 0 Å². The van der Waals surface area contributed by atoms with E-state index in [1.165, 1.54) is 10.6 Å². The van der Waals surface area contributed by atoms with Crippen LogP contribution in [0.15, 0.2) is 4.42 Å². The molecule has 1 aromatic rings. The molecule has 0 N–H and O–H groups in total. The van der Waals surface area contributed by atoms with Gasteiger partial charge in [0.05, 0.1) is 6.26 Å². The predicted molar refractivity (Wildman–Crippen MR) is 65.6 cm³/mol. The van der Waals surface area contributed by atoms with Crippen molar-refractivity contribution < 1.29 is 12.8 Å². The van der Waals surface area contributed by atoms with Gasteiger partial charge >= 0.3 is 0 Å². The molecular formula is C10H18N4O3S. The monoisotopic (exact) mass is 274 g/mol. The molecule has 0 amide bonds. The van der Waals surface area contributed by atoms with E-state index in [0.717, 1.165) is 19.6 Å². The molecule has 0 radical (unpaired) electrons. The van der Waals surface area contributed by atoms with Crippen molar-refractivity contribution in [1.29, 1.82) is 0 Å². The summed E-state index contributed by atoms with van der Waals surface area (Å²) < 4.78 is 29.5. The molecule has 1 aliphatic rings. The molecule has 18 heavy (non-hydrogen) atoms. The van der Waals surface area contributed by atoms with E-state index >= 15 is 0 Å². The van der Waals surface area contributed by atoms with Crippen molar-refractivity contribution in [3.8, 4) is 0 Å². The smallest absolute Gasteiger partial charge is 0.217 e. The van der Waals surface area contributed by atoms with Gasteiger partial charge in [0.15, 0.2) is 0 Å². The topological polar surface area (TPSA) is 79.5 Å². The Balaban J connectivity index is 1.77. The van der Waals surface area contributed by atoms with Gasteiger partial charge in [-0.25, -0.2) is 8.42 Å². The maximum atomic E-state index is 11.3. The second-order valence-corrected chi connectivity index (χ2v) is 6.45. The summed E-state index contributed by atoms with van der Waals surface area (Å²) in [5, 5.41) is 7.71. The van der Waals surface area contributed by atoms with E-state index in [2.05, 4.69) is 15.1 Å². The van der Waals surface area contributed by atoms with E-state index in [9.17, 15) is 8.42 Å². The maximum absolute atomic E-state index is 11.3. The van der Waals surface area contributed by atoms with E-state index in [-0.39, 0.29) is 0 Å². The van der Waals surface area contributed by atoms with Crippen LogP contribution in [0.1, 0.15) is 11.8 Å². The van der Waals surface area contributed by atoms with Crippen molar-refractivity contribution in [3.05, 3.63) is 11.8 Å². The molecule has 1 saturated heterocycles. The number of aromatic nitrogens is 2. The molecule has 2 rings (SSSR count). The first-order valence-electron chi connectivity index (χ1n) is 5.91. The summed E-state index contributed by atoms with van der Waals surface area (Å²) in [5.41, 5.74) is 0. The van der Waals surface area contributed by atoms with Gasteiger partial charge in [0, 0.05) is 46.1 Å². The standard InChI is InChI=1S/C10H18N4O3S/c1-9-11-12-10(17-9)3-4-13-5-7-14(8-6-13)18(2,15)16/h3-8H2,1-2H3. The number of aryl methyl sites for hydroxylation is 1. The number of nitrogens with zero attached hydrogens (tertiary/aromatic N) is 4. The summed E-state index contributed by atoms with van der Waals surface area (Å²) in [4.78, 5) is 2.21. The lowest BCUT2D eigenvalue weighted by atomic mass is 10.3. The van der Waals surface area contributed by atoms with E-state index in [1.807, 2.05) is 0 Å². The second kappa shape index (κ2) is 5.33. The third-order valence-electron chi connectivity index (χ3n) is 3.01. The Morgan fingerprint density at radius 2 is 1.89 bits per heavy atom. The first kappa shape index (κ1) is 13.4. The van der Waals surface area contributed by atoms with E-state index in [4.69, 9.17) is 4.42 Å². The SMILES string of the molecule is Cc1nnc(CCN2CCN(S(C)(=O)=O)CC2)o1. The summed E-state index contributed by atoms with van der Waals surface area (Å²) in [5.74, 6) is 1.21. The Hall–Kier alpha value is -0.990. The normalized spacial score (nSPS) is 19.2. The third-order valence-corrected chi connectivity index (χ3v) is 4.31. The average molecular weight is 274 g/mol. The van der Waals surface area contributed by atoms with Gasteiger partial charge in [0.1, 0.15) is 0 Å².